The maximum Gasteiger partial charge on any atom is 0.435 e. The number of aryl methyl sites for hydroxylation is 1. The van der Waals surface area contributed by atoms with E-state index in [1.54, 1.807) is 23.0 Å². The summed E-state index contributed by atoms with van der Waals surface area (Å²) in [5, 5.41) is 10.8. The Morgan fingerprint density at radius 2 is 1.96 bits per heavy atom. The molecule has 0 aliphatic rings. The molecule has 1 N–H and O–H groups in total. The molecule has 0 radical (unpaired) electrons. The van der Waals surface area contributed by atoms with E-state index in [2.05, 4.69) is 15.5 Å². The highest BCUT2D eigenvalue weighted by Crippen LogP contribution is 2.28. The number of nitrogens with zero attached hydrogens (tertiary/aromatic N) is 4. The molecule has 0 bridgehead atoms. The number of hydrogen-bond donors (Lipinski definition) is 1. The van der Waals surface area contributed by atoms with Crippen molar-refractivity contribution in [2.75, 3.05) is 5.32 Å². The second-order valence-corrected chi connectivity index (χ2v) is 6.36. The first kappa shape index (κ1) is 19.0. The fourth-order valence-corrected chi connectivity index (χ4v) is 2.56. The lowest BCUT2D eigenvalue weighted by molar-refractivity contribution is -0.141. The van der Waals surface area contributed by atoms with Crippen molar-refractivity contribution in [1.29, 1.82) is 0 Å². The largest absolute Gasteiger partial charge is 0.435 e. The third-order valence-electron chi connectivity index (χ3n) is 3.74. The number of rotatable bonds is 5. The van der Waals surface area contributed by atoms with Gasteiger partial charge in [0.15, 0.2) is 5.69 Å². The minimum Gasteiger partial charge on any atom is -0.322 e. The fourth-order valence-electron chi connectivity index (χ4n) is 2.44. The van der Waals surface area contributed by atoms with Gasteiger partial charge in [0.05, 0.1) is 18.4 Å². The molecular weight excluding hydrogens is 383 g/mol. The molecule has 142 valence electrons. The van der Waals surface area contributed by atoms with Crippen molar-refractivity contribution in [3.63, 3.8) is 0 Å². The molecule has 0 fully saturated rings. The highest BCUT2D eigenvalue weighted by molar-refractivity contribution is 6.30. The Kier molecular flexibility index (Phi) is 5.22. The molecule has 0 spiro atoms. The smallest absolute Gasteiger partial charge is 0.322 e. The van der Waals surface area contributed by atoms with Crippen molar-refractivity contribution < 1.29 is 18.0 Å². The average molecular weight is 398 g/mol. The number of nitrogens with one attached hydrogen (secondary N) is 1. The minimum atomic E-state index is -4.55. The molecule has 2 heterocycles. The number of aromatic nitrogens is 4. The van der Waals surface area contributed by atoms with Crippen molar-refractivity contribution in [2.24, 2.45) is 0 Å². The van der Waals surface area contributed by atoms with E-state index >= 15 is 0 Å². The Balaban J connectivity index is 1.61. The van der Waals surface area contributed by atoms with Gasteiger partial charge in [-0.1, -0.05) is 23.7 Å². The Morgan fingerprint density at radius 3 is 2.59 bits per heavy atom. The van der Waals surface area contributed by atoms with Gasteiger partial charge in [-0.3, -0.25) is 14.2 Å². The molecule has 0 unspecified atom stereocenters. The second kappa shape index (κ2) is 7.43. The Bertz CT molecular complexity index is 946. The molecule has 3 aromatic rings. The summed E-state index contributed by atoms with van der Waals surface area (Å²) >= 11 is 5.84. The number of amides is 1. The molecule has 0 saturated carbocycles. The monoisotopic (exact) mass is 397 g/mol. The molecule has 0 saturated heterocycles. The molecule has 0 aliphatic carbocycles. The molecule has 3 rings (SSSR count). The van der Waals surface area contributed by atoms with Gasteiger partial charge >= 0.3 is 6.18 Å². The zero-order valence-corrected chi connectivity index (χ0v) is 14.9. The van der Waals surface area contributed by atoms with Crippen LogP contribution in [0, 0.1) is 6.92 Å². The summed E-state index contributed by atoms with van der Waals surface area (Å²) in [6.45, 7) is 1.62. The van der Waals surface area contributed by atoms with Gasteiger partial charge in [-0.15, -0.1) is 0 Å². The van der Waals surface area contributed by atoms with Gasteiger partial charge in [0.1, 0.15) is 6.54 Å². The summed E-state index contributed by atoms with van der Waals surface area (Å²) in [5.41, 5.74) is 0.640. The summed E-state index contributed by atoms with van der Waals surface area (Å²) in [6, 6.07) is 8.16. The van der Waals surface area contributed by atoms with Crippen LogP contribution in [0.25, 0.3) is 0 Å². The van der Waals surface area contributed by atoms with Gasteiger partial charge in [0, 0.05) is 16.9 Å². The number of hydrogen-bond acceptors (Lipinski definition) is 3. The number of carbonyl (C=O) groups is 1. The SMILES string of the molecule is Cc1cc(C(F)(F)F)nn1CC(=O)Nc1cnn(Cc2ccc(Cl)cc2)c1. The van der Waals surface area contributed by atoms with Crippen molar-refractivity contribution in [2.45, 2.75) is 26.2 Å². The maximum absolute atomic E-state index is 12.7. The summed E-state index contributed by atoms with van der Waals surface area (Å²) in [7, 11) is 0. The highest BCUT2D eigenvalue weighted by atomic mass is 35.5. The lowest BCUT2D eigenvalue weighted by atomic mass is 10.2. The van der Waals surface area contributed by atoms with E-state index in [0.717, 1.165) is 16.3 Å². The van der Waals surface area contributed by atoms with Gasteiger partial charge < -0.3 is 5.32 Å². The van der Waals surface area contributed by atoms with Crippen LogP contribution in [0.1, 0.15) is 17.0 Å². The van der Waals surface area contributed by atoms with Crippen molar-refractivity contribution >= 4 is 23.2 Å². The molecule has 1 amide bonds. The van der Waals surface area contributed by atoms with E-state index in [9.17, 15) is 18.0 Å². The molecule has 0 atom stereocenters. The summed E-state index contributed by atoms with van der Waals surface area (Å²) in [6.07, 6.45) is -1.45. The zero-order chi connectivity index (χ0) is 19.6. The fraction of sp³-hybridized carbons (Fsp3) is 0.235. The Labute approximate surface area is 157 Å². The predicted molar refractivity (Wildman–Crippen MR) is 93.4 cm³/mol. The van der Waals surface area contributed by atoms with Crippen LogP contribution in [-0.4, -0.2) is 25.5 Å². The van der Waals surface area contributed by atoms with Gasteiger partial charge in [0.25, 0.3) is 0 Å². The van der Waals surface area contributed by atoms with Gasteiger partial charge in [-0.05, 0) is 30.7 Å². The summed E-state index contributed by atoms with van der Waals surface area (Å²) < 4.78 is 40.7. The van der Waals surface area contributed by atoms with Gasteiger partial charge in [-0.25, -0.2) is 0 Å². The minimum absolute atomic E-state index is 0.246. The van der Waals surface area contributed by atoms with Crippen molar-refractivity contribution in [3.05, 3.63) is 64.7 Å². The first-order valence-corrected chi connectivity index (χ1v) is 8.27. The van der Waals surface area contributed by atoms with Crippen LogP contribution in [0.5, 0.6) is 0 Å². The van der Waals surface area contributed by atoms with Gasteiger partial charge in [-0.2, -0.15) is 23.4 Å². The summed E-state index contributed by atoms with van der Waals surface area (Å²) in [4.78, 5) is 12.1. The average Bonchev–Trinajstić information content (AvgIpc) is 3.16. The molecule has 0 aliphatic heterocycles. The number of carbonyl (C=O) groups excluding carboxylic acids is 1. The number of benzene rings is 1. The molecule has 1 aromatic carbocycles. The molecule has 2 aromatic heterocycles. The van der Waals surface area contributed by atoms with Crippen molar-refractivity contribution in [1.82, 2.24) is 19.6 Å². The van der Waals surface area contributed by atoms with Crippen LogP contribution in [0.15, 0.2) is 42.7 Å². The summed E-state index contributed by atoms with van der Waals surface area (Å²) in [5.74, 6) is -0.499. The predicted octanol–water partition coefficient (Wildman–Crippen LogP) is 3.75. The van der Waals surface area contributed by atoms with Crippen LogP contribution >= 0.6 is 11.6 Å². The quantitative estimate of drug-likeness (QED) is 0.713. The van der Waals surface area contributed by atoms with Crippen LogP contribution in [0.2, 0.25) is 5.02 Å². The third-order valence-corrected chi connectivity index (χ3v) is 3.99. The second-order valence-electron chi connectivity index (χ2n) is 5.93. The standard InChI is InChI=1S/C17H15ClF3N5O/c1-11-6-15(17(19,20)21)24-26(11)10-16(27)23-14-7-22-25(9-14)8-12-2-4-13(18)5-3-12/h2-7,9H,8,10H2,1H3,(H,23,27). The van der Waals surface area contributed by atoms with E-state index in [1.165, 1.54) is 13.1 Å². The number of alkyl halides is 3. The van der Waals surface area contributed by atoms with E-state index in [1.807, 2.05) is 12.1 Å². The molecule has 27 heavy (non-hydrogen) atoms. The third kappa shape index (κ3) is 4.88. The normalized spacial score (nSPS) is 11.6. The van der Waals surface area contributed by atoms with E-state index in [4.69, 9.17) is 11.6 Å². The first-order chi connectivity index (χ1) is 12.7. The zero-order valence-electron chi connectivity index (χ0n) is 14.2. The van der Waals surface area contributed by atoms with E-state index in [-0.39, 0.29) is 12.2 Å². The molecular formula is C17H15ClF3N5O. The van der Waals surface area contributed by atoms with Crippen LogP contribution in [-0.2, 0) is 24.1 Å². The first-order valence-electron chi connectivity index (χ1n) is 7.89. The maximum atomic E-state index is 12.7. The molecule has 10 heteroatoms. The lowest BCUT2D eigenvalue weighted by Gasteiger charge is -2.05. The van der Waals surface area contributed by atoms with Crippen LogP contribution in [0.4, 0.5) is 18.9 Å². The van der Waals surface area contributed by atoms with E-state index < -0.39 is 17.8 Å². The lowest BCUT2D eigenvalue weighted by Crippen LogP contribution is -2.20. The Morgan fingerprint density at radius 1 is 1.26 bits per heavy atom. The topological polar surface area (TPSA) is 64.7 Å². The van der Waals surface area contributed by atoms with Gasteiger partial charge in [0.2, 0.25) is 5.91 Å². The van der Waals surface area contributed by atoms with E-state index in [0.29, 0.717) is 17.3 Å². The van der Waals surface area contributed by atoms with Crippen molar-refractivity contribution in [3.8, 4) is 0 Å². The Hall–Kier alpha value is -2.81. The molecule has 6 nitrogen and oxygen atoms in total. The van der Waals surface area contributed by atoms with Crippen LogP contribution < -0.4 is 5.32 Å². The number of halogens is 4. The number of anilines is 1. The highest BCUT2D eigenvalue weighted by Gasteiger charge is 2.34. The van der Waals surface area contributed by atoms with Crippen LogP contribution in [0.3, 0.4) is 0 Å².